The number of nitrogens with one attached hydrogen (secondary N) is 1. The monoisotopic (exact) mass is 277 g/mol. The van der Waals surface area contributed by atoms with Crippen LogP contribution in [0.15, 0.2) is 6.07 Å². The van der Waals surface area contributed by atoms with Gasteiger partial charge in [-0.15, -0.1) is 0 Å². The third-order valence-corrected chi connectivity index (χ3v) is 5.02. The number of aromatic nitrogens is 2. The highest BCUT2D eigenvalue weighted by Crippen LogP contribution is 2.34. The van der Waals surface area contributed by atoms with E-state index < -0.39 is 0 Å². The number of hydrogen-bond donors (Lipinski definition) is 1. The van der Waals surface area contributed by atoms with Crippen LogP contribution in [-0.4, -0.2) is 22.9 Å². The molecule has 1 N–H and O–H groups in total. The fraction of sp³-hybridized carbons (Fsp3) is 0.824. The summed E-state index contributed by atoms with van der Waals surface area (Å²) in [7, 11) is 4.22. The van der Waals surface area contributed by atoms with Crippen molar-refractivity contribution in [1.82, 2.24) is 15.1 Å². The van der Waals surface area contributed by atoms with E-state index in [0.717, 1.165) is 18.3 Å². The van der Waals surface area contributed by atoms with E-state index in [9.17, 15) is 0 Å². The summed E-state index contributed by atoms with van der Waals surface area (Å²) < 4.78 is 2.09. The van der Waals surface area contributed by atoms with E-state index in [1.165, 1.54) is 49.9 Å². The summed E-state index contributed by atoms with van der Waals surface area (Å²) in [5.41, 5.74) is 2.63. The third-order valence-electron chi connectivity index (χ3n) is 5.02. The van der Waals surface area contributed by atoms with Gasteiger partial charge in [-0.3, -0.25) is 4.68 Å². The van der Waals surface area contributed by atoms with Crippen molar-refractivity contribution in [2.75, 3.05) is 7.05 Å². The van der Waals surface area contributed by atoms with E-state index in [1.54, 1.807) is 0 Å². The van der Waals surface area contributed by atoms with Crippen LogP contribution in [0.5, 0.6) is 0 Å². The summed E-state index contributed by atoms with van der Waals surface area (Å²) in [5, 5.41) is 8.14. The van der Waals surface area contributed by atoms with Crippen LogP contribution in [0.4, 0.5) is 0 Å². The Morgan fingerprint density at radius 1 is 1.35 bits per heavy atom. The summed E-state index contributed by atoms with van der Waals surface area (Å²) in [5.74, 6) is 1.71. The average molecular weight is 277 g/mol. The van der Waals surface area contributed by atoms with Crippen molar-refractivity contribution in [3.8, 4) is 0 Å². The molecular formula is C17H31N3. The molecule has 0 aromatic carbocycles. The minimum atomic E-state index is 0.683. The molecule has 0 radical (unpaired) electrons. The molecule has 0 spiro atoms. The van der Waals surface area contributed by atoms with Crippen molar-refractivity contribution >= 4 is 0 Å². The van der Waals surface area contributed by atoms with Crippen molar-refractivity contribution in [2.45, 2.75) is 64.8 Å². The zero-order valence-corrected chi connectivity index (χ0v) is 13.7. The van der Waals surface area contributed by atoms with Gasteiger partial charge in [-0.05, 0) is 57.1 Å². The summed E-state index contributed by atoms with van der Waals surface area (Å²) in [6.07, 6.45) is 9.06. The Balaban J connectivity index is 2.04. The molecule has 1 aromatic heterocycles. The van der Waals surface area contributed by atoms with E-state index in [0.29, 0.717) is 6.04 Å². The van der Waals surface area contributed by atoms with Crippen LogP contribution in [0.25, 0.3) is 0 Å². The van der Waals surface area contributed by atoms with Gasteiger partial charge >= 0.3 is 0 Å². The predicted octanol–water partition coefficient (Wildman–Crippen LogP) is 3.33. The van der Waals surface area contributed by atoms with Crippen LogP contribution < -0.4 is 5.32 Å². The third kappa shape index (κ3) is 3.63. The first-order valence-corrected chi connectivity index (χ1v) is 8.36. The van der Waals surface area contributed by atoms with Crippen LogP contribution in [-0.2, 0) is 19.9 Å². The normalized spacial score (nSPS) is 26.9. The second-order valence-electron chi connectivity index (χ2n) is 6.43. The number of hydrogen-bond acceptors (Lipinski definition) is 2. The van der Waals surface area contributed by atoms with Gasteiger partial charge in [0.15, 0.2) is 0 Å². The van der Waals surface area contributed by atoms with Crippen LogP contribution in [0.3, 0.4) is 0 Å². The topological polar surface area (TPSA) is 29.9 Å². The quantitative estimate of drug-likeness (QED) is 0.864. The average Bonchev–Trinajstić information content (AvgIpc) is 2.80. The van der Waals surface area contributed by atoms with Crippen molar-refractivity contribution in [2.24, 2.45) is 18.9 Å². The molecule has 1 aliphatic carbocycles. The molecule has 0 aliphatic heterocycles. The molecule has 0 saturated heterocycles. The standard InChI is InChI=1S/C17H31N3/c1-5-7-13-8-9-17(18-3)14(10-13)11-16-12-15(6-2)19-20(16)4/h12-14,17-18H,5-11H2,1-4H3. The molecular weight excluding hydrogens is 246 g/mol. The molecule has 3 unspecified atom stereocenters. The maximum atomic E-state index is 4.60. The zero-order chi connectivity index (χ0) is 14.5. The summed E-state index contributed by atoms with van der Waals surface area (Å²) in [4.78, 5) is 0. The maximum Gasteiger partial charge on any atom is 0.0624 e. The molecule has 1 heterocycles. The Morgan fingerprint density at radius 3 is 2.75 bits per heavy atom. The summed E-state index contributed by atoms with van der Waals surface area (Å²) in [6.45, 7) is 4.49. The van der Waals surface area contributed by atoms with E-state index in [1.807, 2.05) is 0 Å². The minimum Gasteiger partial charge on any atom is -0.317 e. The van der Waals surface area contributed by atoms with E-state index in [-0.39, 0.29) is 0 Å². The lowest BCUT2D eigenvalue weighted by atomic mass is 9.74. The van der Waals surface area contributed by atoms with Gasteiger partial charge in [0.1, 0.15) is 0 Å². The van der Waals surface area contributed by atoms with Gasteiger partial charge in [0, 0.05) is 18.8 Å². The molecule has 20 heavy (non-hydrogen) atoms. The molecule has 1 aliphatic rings. The molecule has 0 amide bonds. The largest absolute Gasteiger partial charge is 0.317 e. The van der Waals surface area contributed by atoms with Crippen molar-refractivity contribution in [3.05, 3.63) is 17.5 Å². The first kappa shape index (κ1) is 15.6. The molecule has 1 saturated carbocycles. The Labute approximate surface area is 124 Å². The van der Waals surface area contributed by atoms with Gasteiger partial charge < -0.3 is 5.32 Å². The Bertz CT molecular complexity index is 410. The van der Waals surface area contributed by atoms with Gasteiger partial charge in [0.05, 0.1) is 5.69 Å². The fourth-order valence-corrected chi connectivity index (χ4v) is 3.84. The fourth-order valence-electron chi connectivity index (χ4n) is 3.84. The molecule has 114 valence electrons. The van der Waals surface area contributed by atoms with Gasteiger partial charge in [-0.1, -0.05) is 26.7 Å². The van der Waals surface area contributed by atoms with Gasteiger partial charge in [0.2, 0.25) is 0 Å². The smallest absolute Gasteiger partial charge is 0.0624 e. The zero-order valence-electron chi connectivity index (χ0n) is 13.7. The Morgan fingerprint density at radius 2 is 2.15 bits per heavy atom. The number of nitrogens with zero attached hydrogens (tertiary/aromatic N) is 2. The van der Waals surface area contributed by atoms with Crippen LogP contribution in [0, 0.1) is 11.8 Å². The molecule has 3 heteroatoms. The number of rotatable bonds is 6. The van der Waals surface area contributed by atoms with Crippen molar-refractivity contribution in [1.29, 1.82) is 0 Å². The lowest BCUT2D eigenvalue weighted by molar-refractivity contribution is 0.198. The highest BCUT2D eigenvalue weighted by molar-refractivity contribution is 5.11. The predicted molar refractivity (Wildman–Crippen MR) is 84.9 cm³/mol. The SMILES string of the molecule is CCCC1CCC(NC)C(Cc2cc(CC)nn2C)C1. The molecule has 1 aromatic rings. The molecule has 1 fully saturated rings. The summed E-state index contributed by atoms with van der Waals surface area (Å²) in [6, 6.07) is 2.99. The van der Waals surface area contributed by atoms with E-state index in [2.05, 4.69) is 49.1 Å². The second-order valence-corrected chi connectivity index (χ2v) is 6.43. The van der Waals surface area contributed by atoms with E-state index >= 15 is 0 Å². The lowest BCUT2D eigenvalue weighted by Gasteiger charge is -2.36. The lowest BCUT2D eigenvalue weighted by Crippen LogP contribution is -2.40. The minimum absolute atomic E-state index is 0.683. The Kier molecular flexibility index (Phi) is 5.64. The molecule has 3 nitrogen and oxygen atoms in total. The van der Waals surface area contributed by atoms with Crippen LogP contribution >= 0.6 is 0 Å². The van der Waals surface area contributed by atoms with Crippen molar-refractivity contribution < 1.29 is 0 Å². The van der Waals surface area contributed by atoms with Crippen LogP contribution in [0.2, 0.25) is 0 Å². The van der Waals surface area contributed by atoms with E-state index in [4.69, 9.17) is 0 Å². The summed E-state index contributed by atoms with van der Waals surface area (Å²) >= 11 is 0. The molecule has 3 atom stereocenters. The highest BCUT2D eigenvalue weighted by Gasteiger charge is 2.29. The highest BCUT2D eigenvalue weighted by atomic mass is 15.3. The van der Waals surface area contributed by atoms with Gasteiger partial charge in [0.25, 0.3) is 0 Å². The molecule has 2 rings (SSSR count). The van der Waals surface area contributed by atoms with Crippen molar-refractivity contribution in [3.63, 3.8) is 0 Å². The molecule has 0 bridgehead atoms. The maximum absolute atomic E-state index is 4.60. The van der Waals surface area contributed by atoms with Crippen LogP contribution in [0.1, 0.15) is 57.3 Å². The Hall–Kier alpha value is -0.830. The number of aryl methyl sites for hydroxylation is 2. The second kappa shape index (κ2) is 7.26. The van der Waals surface area contributed by atoms with Gasteiger partial charge in [-0.2, -0.15) is 5.10 Å². The first-order chi connectivity index (χ1) is 9.67. The van der Waals surface area contributed by atoms with Gasteiger partial charge in [-0.25, -0.2) is 0 Å². The first-order valence-electron chi connectivity index (χ1n) is 8.36.